The van der Waals surface area contributed by atoms with Crippen LogP contribution < -0.4 is 4.74 Å². The molecular formula is C24H28ClN3O2. The lowest BCUT2D eigenvalue weighted by Crippen LogP contribution is -2.32. The van der Waals surface area contributed by atoms with Crippen molar-refractivity contribution in [1.82, 2.24) is 14.7 Å². The van der Waals surface area contributed by atoms with Crippen LogP contribution in [0.4, 0.5) is 0 Å². The predicted molar refractivity (Wildman–Crippen MR) is 120 cm³/mol. The number of halogens is 1. The van der Waals surface area contributed by atoms with Crippen molar-refractivity contribution in [2.24, 2.45) is 5.92 Å². The zero-order valence-electron chi connectivity index (χ0n) is 17.5. The average Bonchev–Trinajstić information content (AvgIpc) is 3.47. The maximum Gasteiger partial charge on any atom is 0.227 e. The van der Waals surface area contributed by atoms with E-state index in [1.165, 1.54) is 12.8 Å². The summed E-state index contributed by atoms with van der Waals surface area (Å²) in [5, 5.41) is 15.5. The molecule has 30 heavy (non-hydrogen) atoms. The molecule has 0 aliphatic heterocycles. The maximum absolute atomic E-state index is 10.0. The Hall–Kier alpha value is -2.34. The summed E-state index contributed by atoms with van der Waals surface area (Å²) in [7, 11) is 0. The van der Waals surface area contributed by atoms with E-state index in [0.717, 1.165) is 35.2 Å². The summed E-state index contributed by atoms with van der Waals surface area (Å²) in [5.41, 5.74) is 2.79. The van der Waals surface area contributed by atoms with Gasteiger partial charge in [0.15, 0.2) is 0 Å². The van der Waals surface area contributed by atoms with Crippen LogP contribution in [0.1, 0.15) is 31.0 Å². The summed E-state index contributed by atoms with van der Waals surface area (Å²) in [6, 6.07) is 17.4. The standard InChI is InChI=1S/C24H28ClN3O2/c1-17(29)14-27(15-19-11-12-19)16-23-18(2)26-28(21-8-6-7-20(25)13-21)24(23)30-22-9-4-3-5-10-22/h3-10,13,17,19,29H,11-12,14-16H2,1-2H3. The van der Waals surface area contributed by atoms with Gasteiger partial charge < -0.3 is 9.84 Å². The van der Waals surface area contributed by atoms with Gasteiger partial charge in [0.2, 0.25) is 5.88 Å². The molecule has 1 heterocycles. The van der Waals surface area contributed by atoms with Crippen molar-refractivity contribution in [3.8, 4) is 17.3 Å². The third-order valence-electron chi connectivity index (χ3n) is 5.27. The Labute approximate surface area is 182 Å². The second kappa shape index (κ2) is 9.21. The zero-order chi connectivity index (χ0) is 21.1. The summed E-state index contributed by atoms with van der Waals surface area (Å²) in [6.07, 6.45) is 2.15. The first-order chi connectivity index (χ1) is 14.5. The molecule has 0 radical (unpaired) electrons. The van der Waals surface area contributed by atoms with Gasteiger partial charge in [0.1, 0.15) is 5.75 Å². The SMILES string of the molecule is Cc1nn(-c2cccc(Cl)c2)c(Oc2ccccc2)c1CN(CC(C)O)CC1CC1. The van der Waals surface area contributed by atoms with E-state index in [2.05, 4.69) is 4.90 Å². The first-order valence-electron chi connectivity index (χ1n) is 10.5. The number of hydrogen-bond donors (Lipinski definition) is 1. The van der Waals surface area contributed by atoms with Crippen LogP contribution in [-0.2, 0) is 6.54 Å². The summed E-state index contributed by atoms with van der Waals surface area (Å²) in [4.78, 5) is 2.31. The van der Waals surface area contributed by atoms with E-state index in [1.54, 1.807) is 0 Å². The summed E-state index contributed by atoms with van der Waals surface area (Å²) in [6.45, 7) is 6.13. The van der Waals surface area contributed by atoms with Crippen molar-refractivity contribution in [2.75, 3.05) is 13.1 Å². The molecular weight excluding hydrogens is 398 g/mol. The highest BCUT2D eigenvalue weighted by atomic mass is 35.5. The Balaban J connectivity index is 1.72. The molecule has 2 aromatic carbocycles. The van der Waals surface area contributed by atoms with Crippen molar-refractivity contribution >= 4 is 11.6 Å². The normalized spacial score (nSPS) is 14.8. The monoisotopic (exact) mass is 425 g/mol. The van der Waals surface area contributed by atoms with Crippen molar-refractivity contribution in [3.63, 3.8) is 0 Å². The van der Waals surface area contributed by atoms with Crippen LogP contribution in [0, 0.1) is 12.8 Å². The van der Waals surface area contributed by atoms with Gasteiger partial charge >= 0.3 is 0 Å². The van der Waals surface area contributed by atoms with Crippen LogP contribution in [0.2, 0.25) is 5.02 Å². The highest BCUT2D eigenvalue weighted by molar-refractivity contribution is 6.30. The number of aromatic nitrogens is 2. The molecule has 6 heteroatoms. The molecule has 1 aromatic heterocycles. The second-order valence-corrected chi connectivity index (χ2v) is 8.60. The average molecular weight is 426 g/mol. The molecule has 1 aliphatic carbocycles. The van der Waals surface area contributed by atoms with Crippen LogP contribution >= 0.6 is 11.6 Å². The number of ether oxygens (including phenoxy) is 1. The molecule has 3 aromatic rings. The van der Waals surface area contributed by atoms with Crippen LogP contribution in [0.25, 0.3) is 5.69 Å². The number of para-hydroxylation sites is 1. The third-order valence-corrected chi connectivity index (χ3v) is 5.50. The van der Waals surface area contributed by atoms with Crippen molar-refractivity contribution in [3.05, 3.63) is 70.9 Å². The number of aliphatic hydroxyl groups excluding tert-OH is 1. The summed E-state index contributed by atoms with van der Waals surface area (Å²) < 4.78 is 8.17. The number of aryl methyl sites for hydroxylation is 1. The summed E-state index contributed by atoms with van der Waals surface area (Å²) in [5.74, 6) is 2.17. The number of benzene rings is 2. The molecule has 5 nitrogen and oxygen atoms in total. The molecule has 0 bridgehead atoms. The molecule has 4 rings (SSSR count). The quantitative estimate of drug-likeness (QED) is 0.510. The minimum absolute atomic E-state index is 0.384. The van der Waals surface area contributed by atoms with E-state index in [4.69, 9.17) is 21.4 Å². The lowest BCUT2D eigenvalue weighted by atomic mass is 10.2. The minimum Gasteiger partial charge on any atom is -0.439 e. The molecule has 1 unspecified atom stereocenters. The molecule has 1 N–H and O–H groups in total. The van der Waals surface area contributed by atoms with E-state index >= 15 is 0 Å². The molecule has 1 aliphatic rings. The van der Waals surface area contributed by atoms with Gasteiger partial charge in [0, 0.05) is 24.7 Å². The fraction of sp³-hybridized carbons (Fsp3) is 0.375. The minimum atomic E-state index is -0.384. The Kier molecular flexibility index (Phi) is 6.42. The van der Waals surface area contributed by atoms with Crippen molar-refractivity contribution in [2.45, 2.75) is 39.3 Å². The molecule has 158 valence electrons. The first-order valence-corrected chi connectivity index (χ1v) is 10.8. The zero-order valence-corrected chi connectivity index (χ0v) is 18.2. The predicted octanol–water partition coefficient (Wildman–Crippen LogP) is 5.22. The van der Waals surface area contributed by atoms with Crippen LogP contribution in [0.3, 0.4) is 0 Å². The van der Waals surface area contributed by atoms with Gasteiger partial charge in [-0.15, -0.1) is 0 Å². The Morgan fingerprint density at radius 1 is 1.20 bits per heavy atom. The van der Waals surface area contributed by atoms with Gasteiger partial charge in [0.05, 0.1) is 23.0 Å². The third kappa shape index (κ3) is 5.22. The van der Waals surface area contributed by atoms with Gasteiger partial charge in [-0.2, -0.15) is 5.10 Å². The number of nitrogens with zero attached hydrogens (tertiary/aromatic N) is 3. The van der Waals surface area contributed by atoms with Gasteiger partial charge in [-0.25, -0.2) is 4.68 Å². The Bertz CT molecular complexity index is 979. The van der Waals surface area contributed by atoms with E-state index < -0.39 is 0 Å². The van der Waals surface area contributed by atoms with Crippen molar-refractivity contribution in [1.29, 1.82) is 0 Å². The van der Waals surface area contributed by atoms with Crippen LogP contribution in [0.5, 0.6) is 11.6 Å². The van der Waals surface area contributed by atoms with Gasteiger partial charge in [-0.3, -0.25) is 4.90 Å². The topological polar surface area (TPSA) is 50.5 Å². The van der Waals surface area contributed by atoms with E-state index in [0.29, 0.717) is 24.0 Å². The van der Waals surface area contributed by atoms with E-state index in [-0.39, 0.29) is 6.10 Å². The first kappa shape index (κ1) is 20.9. The van der Waals surface area contributed by atoms with Gasteiger partial charge in [-0.05, 0) is 62.9 Å². The number of aliphatic hydroxyl groups is 1. The smallest absolute Gasteiger partial charge is 0.227 e. The molecule has 0 spiro atoms. The second-order valence-electron chi connectivity index (χ2n) is 8.16. The molecule has 1 saturated carbocycles. The van der Waals surface area contributed by atoms with E-state index in [1.807, 2.05) is 73.1 Å². The van der Waals surface area contributed by atoms with Gasteiger partial charge in [-0.1, -0.05) is 35.9 Å². The molecule has 0 amide bonds. The fourth-order valence-electron chi connectivity index (χ4n) is 3.67. The van der Waals surface area contributed by atoms with Gasteiger partial charge in [0.25, 0.3) is 0 Å². The lowest BCUT2D eigenvalue weighted by molar-refractivity contribution is 0.118. The lowest BCUT2D eigenvalue weighted by Gasteiger charge is -2.24. The number of rotatable bonds is 9. The van der Waals surface area contributed by atoms with Crippen LogP contribution in [0.15, 0.2) is 54.6 Å². The molecule has 0 saturated heterocycles. The Morgan fingerprint density at radius 3 is 2.63 bits per heavy atom. The highest BCUT2D eigenvalue weighted by Crippen LogP contribution is 2.34. The fourth-order valence-corrected chi connectivity index (χ4v) is 3.86. The van der Waals surface area contributed by atoms with E-state index in [9.17, 15) is 5.11 Å². The van der Waals surface area contributed by atoms with Crippen LogP contribution in [-0.4, -0.2) is 39.0 Å². The summed E-state index contributed by atoms with van der Waals surface area (Å²) >= 11 is 6.24. The maximum atomic E-state index is 10.0. The Morgan fingerprint density at radius 2 is 1.97 bits per heavy atom. The van der Waals surface area contributed by atoms with Crippen molar-refractivity contribution < 1.29 is 9.84 Å². The molecule has 1 atom stereocenters. The molecule has 1 fully saturated rings. The highest BCUT2D eigenvalue weighted by Gasteiger charge is 2.27. The number of hydrogen-bond acceptors (Lipinski definition) is 4. The largest absolute Gasteiger partial charge is 0.439 e.